The second-order valence-electron chi connectivity index (χ2n) is 6.06. The predicted octanol–water partition coefficient (Wildman–Crippen LogP) is 4.74. The summed E-state index contributed by atoms with van der Waals surface area (Å²) in [6.07, 6.45) is 0. The standard InChI is InChI=1S/C22H28Br2O6/c23-19-3-1-5-21(17-19)29-15-13-27-11-9-25-7-8-26-10-12-28-14-16-30-22-6-2-4-20(24)18-22/h1-6,17-18H,7-16H2. The molecule has 6 nitrogen and oxygen atoms in total. The molecule has 0 unspecified atom stereocenters. The van der Waals surface area contributed by atoms with Crippen LogP contribution in [0.25, 0.3) is 0 Å². The van der Waals surface area contributed by atoms with Gasteiger partial charge in [0, 0.05) is 8.95 Å². The molecule has 0 aliphatic heterocycles. The number of hydrogen-bond donors (Lipinski definition) is 0. The van der Waals surface area contributed by atoms with Crippen molar-refractivity contribution in [2.45, 2.75) is 0 Å². The maximum Gasteiger partial charge on any atom is 0.120 e. The number of rotatable bonds is 17. The zero-order chi connectivity index (χ0) is 21.3. The van der Waals surface area contributed by atoms with E-state index in [0.29, 0.717) is 66.1 Å². The molecule has 30 heavy (non-hydrogen) atoms. The summed E-state index contributed by atoms with van der Waals surface area (Å²) in [5, 5.41) is 0. The highest BCUT2D eigenvalue weighted by atomic mass is 79.9. The highest BCUT2D eigenvalue weighted by Gasteiger charge is 1.97. The second kappa shape index (κ2) is 16.5. The van der Waals surface area contributed by atoms with E-state index < -0.39 is 0 Å². The Morgan fingerprint density at radius 3 is 1.13 bits per heavy atom. The van der Waals surface area contributed by atoms with E-state index in [0.717, 1.165) is 20.4 Å². The maximum atomic E-state index is 5.58. The minimum absolute atomic E-state index is 0.507. The molecule has 0 heterocycles. The molecule has 2 rings (SSSR count). The van der Waals surface area contributed by atoms with Crippen molar-refractivity contribution < 1.29 is 28.4 Å². The topological polar surface area (TPSA) is 55.4 Å². The molecule has 0 atom stereocenters. The van der Waals surface area contributed by atoms with Gasteiger partial charge in [-0.2, -0.15) is 0 Å². The van der Waals surface area contributed by atoms with E-state index in [1.165, 1.54) is 0 Å². The summed E-state index contributed by atoms with van der Waals surface area (Å²) in [5.41, 5.74) is 0. The van der Waals surface area contributed by atoms with Crippen molar-refractivity contribution >= 4 is 31.9 Å². The van der Waals surface area contributed by atoms with Gasteiger partial charge in [0.25, 0.3) is 0 Å². The molecule has 0 fully saturated rings. The molecular formula is C22H28Br2O6. The van der Waals surface area contributed by atoms with Crippen LogP contribution >= 0.6 is 31.9 Å². The first-order valence-corrected chi connectivity index (χ1v) is 11.4. The second-order valence-corrected chi connectivity index (χ2v) is 7.89. The fourth-order valence-electron chi connectivity index (χ4n) is 2.31. The lowest BCUT2D eigenvalue weighted by Gasteiger charge is -2.09. The van der Waals surface area contributed by atoms with Crippen molar-refractivity contribution in [2.24, 2.45) is 0 Å². The summed E-state index contributed by atoms with van der Waals surface area (Å²) >= 11 is 6.82. The van der Waals surface area contributed by atoms with Gasteiger partial charge in [-0.25, -0.2) is 0 Å². The number of benzene rings is 2. The lowest BCUT2D eigenvalue weighted by Crippen LogP contribution is -2.14. The lowest BCUT2D eigenvalue weighted by atomic mass is 10.3. The van der Waals surface area contributed by atoms with Gasteiger partial charge in [0.1, 0.15) is 24.7 Å². The van der Waals surface area contributed by atoms with Crippen molar-refractivity contribution in [3.05, 3.63) is 57.5 Å². The molecule has 0 amide bonds. The van der Waals surface area contributed by atoms with Gasteiger partial charge in [-0.15, -0.1) is 0 Å². The molecule has 0 saturated heterocycles. The summed E-state index contributed by atoms with van der Waals surface area (Å²) in [6, 6.07) is 15.5. The molecule has 166 valence electrons. The van der Waals surface area contributed by atoms with E-state index in [1.54, 1.807) is 0 Å². The zero-order valence-electron chi connectivity index (χ0n) is 16.9. The predicted molar refractivity (Wildman–Crippen MR) is 123 cm³/mol. The first-order valence-electron chi connectivity index (χ1n) is 9.82. The third-order valence-corrected chi connectivity index (χ3v) is 4.69. The molecular weight excluding hydrogens is 520 g/mol. The van der Waals surface area contributed by atoms with E-state index >= 15 is 0 Å². The van der Waals surface area contributed by atoms with Crippen LogP contribution in [0.2, 0.25) is 0 Å². The molecule has 0 N–H and O–H groups in total. The quantitative estimate of drug-likeness (QED) is 0.267. The zero-order valence-corrected chi connectivity index (χ0v) is 20.1. The van der Waals surface area contributed by atoms with E-state index in [4.69, 9.17) is 28.4 Å². The third kappa shape index (κ3) is 12.5. The van der Waals surface area contributed by atoms with Gasteiger partial charge in [0.05, 0.1) is 52.9 Å². The van der Waals surface area contributed by atoms with Crippen LogP contribution in [0, 0.1) is 0 Å². The molecule has 8 heteroatoms. The van der Waals surface area contributed by atoms with Crippen molar-refractivity contribution in [3.63, 3.8) is 0 Å². The number of hydrogen-bond acceptors (Lipinski definition) is 6. The van der Waals surface area contributed by atoms with Crippen LogP contribution in [0.5, 0.6) is 11.5 Å². The van der Waals surface area contributed by atoms with Crippen LogP contribution in [-0.4, -0.2) is 66.1 Å². The van der Waals surface area contributed by atoms with E-state index in [-0.39, 0.29) is 0 Å². The van der Waals surface area contributed by atoms with Crippen LogP contribution in [0.1, 0.15) is 0 Å². The average molecular weight is 548 g/mol. The summed E-state index contributed by atoms with van der Waals surface area (Å²) < 4.78 is 35.0. The van der Waals surface area contributed by atoms with Gasteiger partial charge in [0.2, 0.25) is 0 Å². The summed E-state index contributed by atoms with van der Waals surface area (Å²) in [6.45, 7) is 5.25. The van der Waals surface area contributed by atoms with Crippen molar-refractivity contribution in [2.75, 3.05) is 66.1 Å². The van der Waals surface area contributed by atoms with Gasteiger partial charge in [-0.3, -0.25) is 0 Å². The van der Waals surface area contributed by atoms with Gasteiger partial charge in [0.15, 0.2) is 0 Å². The minimum Gasteiger partial charge on any atom is -0.491 e. The van der Waals surface area contributed by atoms with E-state index in [1.807, 2.05) is 48.5 Å². The molecule has 0 aromatic heterocycles. The maximum absolute atomic E-state index is 5.58. The molecule has 0 aliphatic carbocycles. The Morgan fingerprint density at radius 2 is 0.800 bits per heavy atom. The van der Waals surface area contributed by atoms with Crippen LogP contribution in [0.15, 0.2) is 57.5 Å². The van der Waals surface area contributed by atoms with Gasteiger partial charge in [-0.05, 0) is 36.4 Å². The largest absolute Gasteiger partial charge is 0.491 e. The average Bonchev–Trinajstić information content (AvgIpc) is 2.73. The van der Waals surface area contributed by atoms with Crippen LogP contribution in [-0.2, 0) is 18.9 Å². The molecule has 0 radical (unpaired) electrons. The van der Waals surface area contributed by atoms with Gasteiger partial charge >= 0.3 is 0 Å². The normalized spacial score (nSPS) is 10.9. The molecule has 0 spiro atoms. The molecule has 2 aromatic carbocycles. The lowest BCUT2D eigenvalue weighted by molar-refractivity contribution is -0.00699. The molecule has 2 aromatic rings. The Balaban J connectivity index is 1.28. The monoisotopic (exact) mass is 546 g/mol. The van der Waals surface area contributed by atoms with Gasteiger partial charge < -0.3 is 28.4 Å². The van der Waals surface area contributed by atoms with Crippen LogP contribution < -0.4 is 9.47 Å². The highest BCUT2D eigenvalue weighted by molar-refractivity contribution is 9.10. The Kier molecular flexibility index (Phi) is 13.8. The molecule has 0 saturated carbocycles. The Bertz CT molecular complexity index is 641. The van der Waals surface area contributed by atoms with Crippen LogP contribution in [0.4, 0.5) is 0 Å². The summed E-state index contributed by atoms with van der Waals surface area (Å²) in [4.78, 5) is 0. The van der Waals surface area contributed by atoms with Crippen LogP contribution in [0.3, 0.4) is 0 Å². The smallest absolute Gasteiger partial charge is 0.120 e. The fourth-order valence-corrected chi connectivity index (χ4v) is 3.07. The van der Waals surface area contributed by atoms with E-state index in [2.05, 4.69) is 31.9 Å². The minimum atomic E-state index is 0.507. The van der Waals surface area contributed by atoms with Crippen molar-refractivity contribution in [1.82, 2.24) is 0 Å². The molecule has 0 aliphatic rings. The highest BCUT2D eigenvalue weighted by Crippen LogP contribution is 2.18. The Morgan fingerprint density at radius 1 is 0.467 bits per heavy atom. The Hall–Kier alpha value is -1.16. The van der Waals surface area contributed by atoms with Crippen molar-refractivity contribution in [3.8, 4) is 11.5 Å². The first kappa shape index (κ1) is 25.1. The number of halogens is 2. The first-order chi connectivity index (χ1) is 14.7. The van der Waals surface area contributed by atoms with E-state index in [9.17, 15) is 0 Å². The summed E-state index contributed by atoms with van der Waals surface area (Å²) in [5.74, 6) is 1.64. The SMILES string of the molecule is Brc1cccc(OCCOCCOCCOCCOCCOc2cccc(Br)c2)c1. The Labute approximate surface area is 195 Å². The van der Waals surface area contributed by atoms with Gasteiger partial charge in [-0.1, -0.05) is 44.0 Å². The molecule has 0 bridgehead atoms. The fraction of sp³-hybridized carbons (Fsp3) is 0.455. The van der Waals surface area contributed by atoms with Crippen molar-refractivity contribution in [1.29, 1.82) is 0 Å². The third-order valence-electron chi connectivity index (χ3n) is 3.70. The number of ether oxygens (including phenoxy) is 6. The summed E-state index contributed by atoms with van der Waals surface area (Å²) in [7, 11) is 0.